The molecule has 6 nitrogen and oxygen atoms in total. The number of nitroso groups, excluding NO2 is 1. The van der Waals surface area contributed by atoms with Crippen LogP contribution in [0.4, 0.5) is 11.6 Å². The van der Waals surface area contributed by atoms with E-state index in [1.807, 2.05) is 13.0 Å². The SMILES string of the molecule is C/C(=N\Nc1ncc(Br)cn1)c1cccc(N=O)c1. The van der Waals surface area contributed by atoms with Crippen molar-refractivity contribution >= 4 is 33.3 Å². The van der Waals surface area contributed by atoms with Crippen molar-refractivity contribution in [2.45, 2.75) is 6.92 Å². The molecule has 1 N–H and O–H groups in total. The number of rotatable bonds is 4. The molecule has 0 unspecified atom stereocenters. The van der Waals surface area contributed by atoms with Gasteiger partial charge in [0.05, 0.1) is 10.2 Å². The Morgan fingerprint density at radius 3 is 2.74 bits per heavy atom. The number of hydrogen-bond acceptors (Lipinski definition) is 6. The number of benzene rings is 1. The number of hydrogen-bond donors (Lipinski definition) is 1. The molecular weight excluding hydrogens is 310 g/mol. The van der Waals surface area contributed by atoms with Crippen molar-refractivity contribution in [3.63, 3.8) is 0 Å². The van der Waals surface area contributed by atoms with Crippen LogP contribution in [0.3, 0.4) is 0 Å². The predicted molar refractivity (Wildman–Crippen MR) is 77.5 cm³/mol. The molecule has 1 heterocycles. The Morgan fingerprint density at radius 2 is 2.05 bits per heavy atom. The van der Waals surface area contributed by atoms with Crippen molar-refractivity contribution < 1.29 is 0 Å². The van der Waals surface area contributed by atoms with Crippen LogP contribution in [0.5, 0.6) is 0 Å². The van der Waals surface area contributed by atoms with E-state index in [4.69, 9.17) is 0 Å². The van der Waals surface area contributed by atoms with E-state index in [0.29, 0.717) is 17.3 Å². The molecule has 0 aliphatic heterocycles. The average Bonchev–Trinajstić information content (AvgIpc) is 2.46. The van der Waals surface area contributed by atoms with Gasteiger partial charge in [0, 0.05) is 12.4 Å². The van der Waals surface area contributed by atoms with Crippen molar-refractivity contribution in [3.8, 4) is 0 Å². The van der Waals surface area contributed by atoms with Crippen molar-refractivity contribution in [1.82, 2.24) is 9.97 Å². The van der Waals surface area contributed by atoms with Gasteiger partial charge in [-0.25, -0.2) is 15.4 Å². The van der Waals surface area contributed by atoms with Gasteiger partial charge in [0.25, 0.3) is 0 Å². The summed E-state index contributed by atoms with van der Waals surface area (Å²) in [6, 6.07) is 6.89. The van der Waals surface area contributed by atoms with Crippen molar-refractivity contribution in [2.24, 2.45) is 10.3 Å². The minimum atomic E-state index is 0.368. The number of aromatic nitrogens is 2. The maximum absolute atomic E-state index is 10.5. The number of halogens is 1. The van der Waals surface area contributed by atoms with Gasteiger partial charge in [0.2, 0.25) is 5.95 Å². The zero-order valence-electron chi connectivity index (χ0n) is 10.0. The first-order chi connectivity index (χ1) is 9.19. The fraction of sp³-hybridized carbons (Fsp3) is 0.0833. The maximum Gasteiger partial charge on any atom is 0.243 e. The molecule has 0 amide bonds. The summed E-state index contributed by atoms with van der Waals surface area (Å²) >= 11 is 3.25. The van der Waals surface area contributed by atoms with Crippen molar-refractivity contribution in [3.05, 3.63) is 51.6 Å². The maximum atomic E-state index is 10.5. The standard InChI is InChI=1S/C12H10BrN5O/c1-8(9-3-2-4-11(5-9)18-19)16-17-12-14-6-10(13)7-15-12/h2-7H,1H3,(H,14,15,17)/b16-8+. The fourth-order valence-electron chi connectivity index (χ4n) is 1.36. The molecule has 0 bridgehead atoms. The second-order valence-corrected chi connectivity index (χ2v) is 4.59. The Labute approximate surface area is 118 Å². The largest absolute Gasteiger partial charge is 0.245 e. The van der Waals surface area contributed by atoms with Crippen molar-refractivity contribution in [1.29, 1.82) is 0 Å². The van der Waals surface area contributed by atoms with Gasteiger partial charge in [-0.05, 0) is 45.7 Å². The van der Waals surface area contributed by atoms with E-state index in [9.17, 15) is 4.91 Å². The van der Waals surface area contributed by atoms with Crippen LogP contribution < -0.4 is 5.43 Å². The molecule has 0 radical (unpaired) electrons. The van der Waals surface area contributed by atoms with E-state index in [0.717, 1.165) is 10.0 Å². The van der Waals surface area contributed by atoms with Gasteiger partial charge in [-0.3, -0.25) is 0 Å². The molecule has 0 saturated carbocycles. The van der Waals surface area contributed by atoms with Crippen LogP contribution >= 0.6 is 15.9 Å². The molecule has 0 aliphatic rings. The molecule has 0 atom stereocenters. The highest BCUT2D eigenvalue weighted by atomic mass is 79.9. The van der Waals surface area contributed by atoms with E-state index in [2.05, 4.69) is 41.6 Å². The summed E-state index contributed by atoms with van der Waals surface area (Å²) in [6.07, 6.45) is 3.24. The normalized spacial score (nSPS) is 11.2. The van der Waals surface area contributed by atoms with Crippen LogP contribution in [-0.2, 0) is 0 Å². The van der Waals surface area contributed by atoms with Crippen LogP contribution in [0.1, 0.15) is 12.5 Å². The molecule has 0 aliphatic carbocycles. The van der Waals surface area contributed by atoms with Gasteiger partial charge < -0.3 is 0 Å². The summed E-state index contributed by atoms with van der Waals surface area (Å²) in [6.45, 7) is 1.82. The van der Waals surface area contributed by atoms with Crippen molar-refractivity contribution in [2.75, 3.05) is 5.43 Å². The summed E-state index contributed by atoms with van der Waals surface area (Å²) in [7, 11) is 0. The quantitative estimate of drug-likeness (QED) is 0.531. The number of hydrazone groups is 1. The molecule has 19 heavy (non-hydrogen) atoms. The Bertz CT molecular complexity index is 612. The van der Waals surface area contributed by atoms with Gasteiger partial charge in [-0.1, -0.05) is 12.1 Å². The van der Waals surface area contributed by atoms with Crippen LogP contribution in [0.2, 0.25) is 0 Å². The summed E-state index contributed by atoms with van der Waals surface area (Å²) in [5.74, 6) is 0.396. The van der Waals surface area contributed by atoms with E-state index in [-0.39, 0.29) is 0 Å². The Hall–Kier alpha value is -2.15. The monoisotopic (exact) mass is 319 g/mol. The van der Waals surface area contributed by atoms with Crippen LogP contribution in [0, 0.1) is 4.91 Å². The number of anilines is 1. The lowest BCUT2D eigenvalue weighted by atomic mass is 10.1. The van der Waals surface area contributed by atoms with Gasteiger partial charge in [-0.15, -0.1) is 4.91 Å². The van der Waals surface area contributed by atoms with Crippen LogP contribution in [0.15, 0.2) is 51.4 Å². The highest BCUT2D eigenvalue weighted by Gasteiger charge is 2.00. The number of nitrogens with one attached hydrogen (secondary N) is 1. The summed E-state index contributed by atoms with van der Waals surface area (Å²) in [5.41, 5.74) is 4.62. The predicted octanol–water partition coefficient (Wildman–Crippen LogP) is 3.47. The van der Waals surface area contributed by atoms with E-state index in [1.54, 1.807) is 30.6 Å². The third-order valence-electron chi connectivity index (χ3n) is 2.31. The summed E-state index contributed by atoms with van der Waals surface area (Å²) < 4.78 is 0.795. The molecule has 0 spiro atoms. The lowest BCUT2D eigenvalue weighted by Gasteiger charge is -2.02. The summed E-state index contributed by atoms with van der Waals surface area (Å²) in [4.78, 5) is 18.5. The zero-order chi connectivity index (χ0) is 13.7. The first-order valence-corrected chi connectivity index (χ1v) is 6.20. The van der Waals surface area contributed by atoms with Gasteiger partial charge in [0.1, 0.15) is 5.69 Å². The molecular formula is C12H10BrN5O. The third-order valence-corrected chi connectivity index (χ3v) is 2.72. The van der Waals surface area contributed by atoms with Crippen LogP contribution in [-0.4, -0.2) is 15.7 Å². The fourth-order valence-corrected chi connectivity index (χ4v) is 1.56. The Morgan fingerprint density at radius 1 is 1.32 bits per heavy atom. The lowest BCUT2D eigenvalue weighted by Crippen LogP contribution is -2.01. The van der Waals surface area contributed by atoms with Gasteiger partial charge in [-0.2, -0.15) is 5.10 Å². The first kappa shape index (κ1) is 13.3. The molecule has 96 valence electrons. The second-order valence-electron chi connectivity index (χ2n) is 3.68. The van der Waals surface area contributed by atoms with Gasteiger partial charge >= 0.3 is 0 Å². The lowest BCUT2D eigenvalue weighted by molar-refractivity contribution is 1.10. The smallest absolute Gasteiger partial charge is 0.243 e. The third kappa shape index (κ3) is 3.65. The summed E-state index contributed by atoms with van der Waals surface area (Å²) in [5, 5.41) is 7.04. The number of nitrogens with zero attached hydrogens (tertiary/aromatic N) is 4. The van der Waals surface area contributed by atoms with E-state index >= 15 is 0 Å². The minimum Gasteiger partial charge on any atom is -0.245 e. The second kappa shape index (κ2) is 6.14. The van der Waals surface area contributed by atoms with E-state index < -0.39 is 0 Å². The van der Waals surface area contributed by atoms with Crippen LogP contribution in [0.25, 0.3) is 0 Å². The Kier molecular flexibility index (Phi) is 4.30. The van der Waals surface area contributed by atoms with Gasteiger partial charge in [0.15, 0.2) is 0 Å². The highest BCUT2D eigenvalue weighted by Crippen LogP contribution is 2.14. The topological polar surface area (TPSA) is 79.6 Å². The molecule has 2 rings (SSSR count). The Balaban J connectivity index is 2.14. The highest BCUT2D eigenvalue weighted by molar-refractivity contribution is 9.10. The zero-order valence-corrected chi connectivity index (χ0v) is 11.6. The molecule has 0 saturated heterocycles. The molecule has 1 aromatic carbocycles. The average molecular weight is 320 g/mol. The molecule has 7 heteroatoms. The first-order valence-electron chi connectivity index (χ1n) is 5.40. The minimum absolute atomic E-state index is 0.368. The molecule has 2 aromatic rings. The molecule has 1 aromatic heterocycles. The van der Waals surface area contributed by atoms with E-state index in [1.165, 1.54) is 0 Å². The molecule has 0 fully saturated rings.